The zero-order valence-electron chi connectivity index (χ0n) is 24.0. The normalized spacial score (nSPS) is 16.9. The molecule has 0 saturated carbocycles. The fraction of sp³-hybridized carbons (Fsp3) is 0.243. The van der Waals surface area contributed by atoms with Crippen LogP contribution in [-0.2, 0) is 9.47 Å². The van der Waals surface area contributed by atoms with Crippen LogP contribution in [0.5, 0.6) is 23.0 Å². The van der Waals surface area contributed by atoms with Crippen molar-refractivity contribution in [2.45, 2.75) is 25.2 Å². The highest BCUT2D eigenvalue weighted by atomic mass is 16.6. The van der Waals surface area contributed by atoms with Crippen LogP contribution in [0.25, 0.3) is 0 Å². The zero-order valence-corrected chi connectivity index (χ0v) is 24.0. The van der Waals surface area contributed by atoms with Gasteiger partial charge in [0, 0.05) is 22.3 Å². The molecule has 6 nitrogen and oxygen atoms in total. The van der Waals surface area contributed by atoms with Crippen molar-refractivity contribution in [1.82, 2.24) is 0 Å². The second-order valence-corrected chi connectivity index (χ2v) is 10.4. The molecule has 3 atom stereocenters. The van der Waals surface area contributed by atoms with Crippen molar-refractivity contribution < 1.29 is 28.4 Å². The molecule has 0 radical (unpaired) electrons. The average Bonchev–Trinajstić information content (AvgIpc) is 3.98. The Morgan fingerprint density at radius 2 is 0.860 bits per heavy atom. The van der Waals surface area contributed by atoms with Gasteiger partial charge in [-0.05, 0) is 104 Å². The van der Waals surface area contributed by atoms with Crippen LogP contribution in [0.15, 0.2) is 97.1 Å². The molecule has 3 unspecified atom stereocenters. The maximum absolute atomic E-state index is 6.03. The van der Waals surface area contributed by atoms with E-state index in [2.05, 4.69) is 23.7 Å². The van der Waals surface area contributed by atoms with E-state index in [1.54, 1.807) is 0 Å². The summed E-state index contributed by atoms with van der Waals surface area (Å²) in [7, 11) is 0. The van der Waals surface area contributed by atoms with Gasteiger partial charge in [0.25, 0.3) is 0 Å². The predicted molar refractivity (Wildman–Crippen MR) is 164 cm³/mol. The van der Waals surface area contributed by atoms with Crippen molar-refractivity contribution in [2.75, 3.05) is 33.0 Å². The lowest BCUT2D eigenvalue weighted by molar-refractivity contribution is 0.143. The van der Waals surface area contributed by atoms with Crippen LogP contribution < -0.4 is 18.9 Å². The topological polar surface area (TPSA) is 62.0 Å². The largest absolute Gasteiger partial charge is 0.491 e. The molecule has 0 amide bonds. The Bertz CT molecular complexity index is 1600. The van der Waals surface area contributed by atoms with E-state index in [1.165, 1.54) is 0 Å². The molecule has 4 aromatic carbocycles. The van der Waals surface area contributed by atoms with Gasteiger partial charge in [0.05, 0.1) is 13.2 Å². The molecule has 43 heavy (non-hydrogen) atoms. The van der Waals surface area contributed by atoms with Gasteiger partial charge in [0.15, 0.2) is 0 Å². The first-order valence-electron chi connectivity index (χ1n) is 14.4. The Morgan fingerprint density at radius 3 is 1.21 bits per heavy atom. The summed E-state index contributed by atoms with van der Waals surface area (Å²) in [6, 6.07) is 31.1. The number of epoxide rings is 2. The van der Waals surface area contributed by atoms with Crippen molar-refractivity contribution in [2.24, 2.45) is 0 Å². The van der Waals surface area contributed by atoms with Crippen molar-refractivity contribution in [1.29, 1.82) is 0 Å². The summed E-state index contributed by atoms with van der Waals surface area (Å²) in [5.74, 6) is 15.9. The number of hydrogen-bond acceptors (Lipinski definition) is 6. The number of benzene rings is 4. The highest BCUT2D eigenvalue weighted by Gasteiger charge is 2.23. The predicted octanol–water partition coefficient (Wildman–Crippen LogP) is 5.89. The van der Waals surface area contributed by atoms with E-state index in [1.807, 2.05) is 104 Å². The van der Waals surface area contributed by atoms with Gasteiger partial charge in [-0.25, -0.2) is 0 Å². The third-order valence-corrected chi connectivity index (χ3v) is 6.62. The van der Waals surface area contributed by atoms with E-state index in [-0.39, 0.29) is 18.3 Å². The SMILES string of the molecule is CC(COc1ccc(C#Cc2ccc(OCC3CO3)cc2)cc1)Oc1ccc(C#Cc2ccc(OCC3CO3)cc2)cc1. The molecular formula is C37H32O6. The third kappa shape index (κ3) is 9.31. The van der Waals surface area contributed by atoms with Crippen LogP contribution in [0.4, 0.5) is 0 Å². The Balaban J connectivity index is 0.925. The molecule has 0 aliphatic carbocycles. The maximum Gasteiger partial charge on any atom is 0.130 e. The lowest BCUT2D eigenvalue weighted by atomic mass is 10.1. The van der Waals surface area contributed by atoms with Gasteiger partial charge >= 0.3 is 0 Å². The van der Waals surface area contributed by atoms with Gasteiger partial charge in [0.2, 0.25) is 0 Å². The molecule has 216 valence electrons. The first-order valence-corrected chi connectivity index (χ1v) is 14.4. The Kier molecular flexibility index (Phi) is 9.10. The van der Waals surface area contributed by atoms with Crippen LogP contribution in [0.2, 0.25) is 0 Å². The van der Waals surface area contributed by atoms with Gasteiger partial charge in [0.1, 0.15) is 61.1 Å². The minimum absolute atomic E-state index is 0.132. The van der Waals surface area contributed by atoms with Crippen molar-refractivity contribution in [3.05, 3.63) is 119 Å². The van der Waals surface area contributed by atoms with Crippen LogP contribution in [-0.4, -0.2) is 51.3 Å². The Morgan fingerprint density at radius 1 is 0.535 bits per heavy atom. The molecule has 6 rings (SSSR count). The molecular weight excluding hydrogens is 540 g/mol. The van der Waals surface area contributed by atoms with Gasteiger partial charge < -0.3 is 28.4 Å². The number of rotatable bonds is 11. The summed E-state index contributed by atoms with van der Waals surface area (Å²) in [5.41, 5.74) is 3.68. The lowest BCUT2D eigenvalue weighted by Gasteiger charge is -2.15. The van der Waals surface area contributed by atoms with Crippen molar-refractivity contribution in [3.63, 3.8) is 0 Å². The first-order chi connectivity index (χ1) is 21.1. The molecule has 0 aromatic heterocycles. The van der Waals surface area contributed by atoms with E-state index < -0.39 is 0 Å². The van der Waals surface area contributed by atoms with Crippen LogP contribution in [0.3, 0.4) is 0 Å². The molecule has 2 saturated heterocycles. The molecule has 2 aliphatic rings. The fourth-order valence-electron chi connectivity index (χ4n) is 4.00. The maximum atomic E-state index is 6.03. The summed E-state index contributed by atoms with van der Waals surface area (Å²) >= 11 is 0. The Hall–Kier alpha value is -4.88. The highest BCUT2D eigenvalue weighted by molar-refractivity contribution is 5.47. The average molecular weight is 573 g/mol. The van der Waals surface area contributed by atoms with E-state index in [0.717, 1.165) is 58.5 Å². The summed E-state index contributed by atoms with van der Waals surface area (Å²) in [4.78, 5) is 0. The van der Waals surface area contributed by atoms with Gasteiger partial charge in [-0.15, -0.1) is 0 Å². The number of hydrogen-bond donors (Lipinski definition) is 0. The molecule has 2 heterocycles. The molecule has 2 fully saturated rings. The quantitative estimate of drug-likeness (QED) is 0.165. The minimum atomic E-state index is -0.132. The molecule has 6 heteroatoms. The van der Waals surface area contributed by atoms with Gasteiger partial charge in [-0.2, -0.15) is 0 Å². The summed E-state index contributed by atoms with van der Waals surface area (Å²) < 4.78 is 33.6. The molecule has 0 N–H and O–H groups in total. The smallest absolute Gasteiger partial charge is 0.130 e. The van der Waals surface area contributed by atoms with Gasteiger partial charge in [-0.3, -0.25) is 0 Å². The van der Waals surface area contributed by atoms with E-state index in [4.69, 9.17) is 28.4 Å². The molecule has 2 aliphatic heterocycles. The van der Waals surface area contributed by atoms with Crippen LogP contribution >= 0.6 is 0 Å². The summed E-state index contributed by atoms with van der Waals surface area (Å²) in [5, 5.41) is 0. The Labute approximate surface area is 252 Å². The summed E-state index contributed by atoms with van der Waals surface area (Å²) in [6.07, 6.45) is 0.359. The second kappa shape index (κ2) is 13.9. The van der Waals surface area contributed by atoms with Gasteiger partial charge in [-0.1, -0.05) is 23.7 Å². The molecule has 0 spiro atoms. The van der Waals surface area contributed by atoms with Crippen molar-refractivity contribution in [3.8, 4) is 46.7 Å². The fourth-order valence-corrected chi connectivity index (χ4v) is 4.00. The lowest BCUT2D eigenvalue weighted by Crippen LogP contribution is -2.21. The van der Waals surface area contributed by atoms with Crippen LogP contribution in [0.1, 0.15) is 29.2 Å². The summed E-state index contributed by atoms with van der Waals surface area (Å²) in [6.45, 7) is 5.17. The first kappa shape index (κ1) is 28.2. The molecule has 4 aromatic rings. The number of ether oxygens (including phenoxy) is 6. The molecule has 0 bridgehead atoms. The third-order valence-electron chi connectivity index (χ3n) is 6.62. The van der Waals surface area contributed by atoms with E-state index >= 15 is 0 Å². The highest BCUT2D eigenvalue weighted by Crippen LogP contribution is 2.19. The zero-order chi connectivity index (χ0) is 29.3. The monoisotopic (exact) mass is 572 g/mol. The van der Waals surface area contributed by atoms with Crippen LogP contribution in [0, 0.1) is 23.7 Å². The second-order valence-electron chi connectivity index (χ2n) is 10.4. The standard InChI is InChI=1S/C37H32O6/c1-27(43-35-20-12-31(13-21-35)5-4-30-10-18-34(19-11-30)40-24-37-26-42-37)22-38-32-14-6-28(7-15-32)2-3-29-8-16-33(17-9-29)39-23-36-25-41-36/h6-21,27,36-37H,22-26H2,1H3. The minimum Gasteiger partial charge on any atom is -0.491 e. The van der Waals surface area contributed by atoms with E-state index in [0.29, 0.717) is 19.8 Å². The van der Waals surface area contributed by atoms with E-state index in [9.17, 15) is 0 Å². The van der Waals surface area contributed by atoms with Crippen molar-refractivity contribution >= 4 is 0 Å².